The van der Waals surface area contributed by atoms with E-state index in [-0.39, 0.29) is 23.5 Å². The number of rotatable bonds is 7. The molecule has 0 radical (unpaired) electrons. The number of amides is 3. The van der Waals surface area contributed by atoms with Crippen molar-refractivity contribution in [2.24, 2.45) is 0 Å². The molecule has 9 heteroatoms. The highest BCUT2D eigenvalue weighted by Gasteiger charge is 2.43. The van der Waals surface area contributed by atoms with Crippen molar-refractivity contribution in [1.82, 2.24) is 15.5 Å². The molecule has 1 fully saturated rings. The number of nitrogens with one attached hydrogen (secondary N) is 2. The van der Waals surface area contributed by atoms with Crippen molar-refractivity contribution in [3.05, 3.63) is 29.3 Å². The molecule has 0 heterocycles. The van der Waals surface area contributed by atoms with Gasteiger partial charge < -0.3 is 25.4 Å². The van der Waals surface area contributed by atoms with Crippen LogP contribution in [0.1, 0.15) is 90.8 Å². The summed E-state index contributed by atoms with van der Waals surface area (Å²) in [6.45, 7) is 12.4. The van der Waals surface area contributed by atoms with Crippen LogP contribution >= 0.6 is 12.6 Å². The largest absolute Gasteiger partial charge is 0.507 e. The summed E-state index contributed by atoms with van der Waals surface area (Å²) in [4.78, 5) is 41.7. The zero-order chi connectivity index (χ0) is 27.3. The van der Waals surface area contributed by atoms with E-state index in [0.29, 0.717) is 11.1 Å². The number of benzene rings is 1. The van der Waals surface area contributed by atoms with Gasteiger partial charge in [-0.15, -0.1) is 0 Å². The van der Waals surface area contributed by atoms with Crippen LogP contribution in [0.2, 0.25) is 0 Å². The number of alkyl carbamates (subject to hydrolysis) is 1. The molecule has 0 aromatic heterocycles. The number of carbonyl (C=O) groups excluding carboxylic acids is 3. The fourth-order valence-electron chi connectivity index (χ4n) is 4.48. The summed E-state index contributed by atoms with van der Waals surface area (Å²) in [5, 5.41) is 16.7. The molecule has 0 aliphatic heterocycles. The fourth-order valence-corrected chi connectivity index (χ4v) is 4.72. The number of hydrogen-bond donors (Lipinski definition) is 4. The lowest BCUT2D eigenvalue weighted by Gasteiger charge is -2.43. The van der Waals surface area contributed by atoms with Gasteiger partial charge in [-0.1, -0.05) is 37.5 Å². The first-order valence-electron chi connectivity index (χ1n) is 12.7. The first-order valence-corrected chi connectivity index (χ1v) is 13.3. The van der Waals surface area contributed by atoms with Crippen LogP contribution < -0.4 is 10.6 Å². The number of para-hydroxylation sites is 1. The molecule has 202 valence electrons. The molecular formula is C27H43N3O5S. The van der Waals surface area contributed by atoms with E-state index < -0.39 is 35.2 Å². The van der Waals surface area contributed by atoms with E-state index in [1.807, 2.05) is 20.8 Å². The van der Waals surface area contributed by atoms with E-state index in [2.05, 4.69) is 23.3 Å². The Bertz CT molecular complexity index is 932. The van der Waals surface area contributed by atoms with Gasteiger partial charge in [0.05, 0.1) is 0 Å². The van der Waals surface area contributed by atoms with Crippen molar-refractivity contribution in [3.8, 4) is 5.75 Å². The van der Waals surface area contributed by atoms with Gasteiger partial charge in [0.15, 0.2) is 0 Å². The summed E-state index contributed by atoms with van der Waals surface area (Å²) < 4.78 is 5.34. The summed E-state index contributed by atoms with van der Waals surface area (Å²) in [5.74, 6) is -0.887. The number of phenolic OH excluding ortho intramolecular Hbond substituents is 1. The first-order chi connectivity index (χ1) is 16.7. The highest BCUT2D eigenvalue weighted by atomic mass is 32.1. The van der Waals surface area contributed by atoms with Gasteiger partial charge >= 0.3 is 6.09 Å². The molecular weight excluding hydrogens is 478 g/mol. The lowest BCUT2D eigenvalue weighted by molar-refractivity contribution is -0.148. The molecule has 1 saturated carbocycles. The van der Waals surface area contributed by atoms with Crippen molar-refractivity contribution in [2.45, 2.75) is 110 Å². The van der Waals surface area contributed by atoms with Crippen molar-refractivity contribution < 1.29 is 24.2 Å². The van der Waals surface area contributed by atoms with Gasteiger partial charge in [-0.2, -0.15) is 12.6 Å². The number of thiol groups is 1. The quantitative estimate of drug-likeness (QED) is 0.391. The van der Waals surface area contributed by atoms with Crippen LogP contribution in [0, 0.1) is 6.92 Å². The molecule has 3 amide bonds. The lowest BCUT2D eigenvalue weighted by atomic mass is 9.92. The smallest absolute Gasteiger partial charge is 0.408 e. The monoisotopic (exact) mass is 521 g/mol. The minimum Gasteiger partial charge on any atom is -0.507 e. The average molecular weight is 522 g/mol. The second-order valence-corrected chi connectivity index (χ2v) is 11.9. The summed E-state index contributed by atoms with van der Waals surface area (Å²) in [6, 6.07) is 3.03. The van der Waals surface area contributed by atoms with Gasteiger partial charge in [-0.3, -0.25) is 9.59 Å². The van der Waals surface area contributed by atoms with Crippen LogP contribution in [0.5, 0.6) is 5.75 Å². The van der Waals surface area contributed by atoms with Crippen LogP contribution in [0.4, 0.5) is 4.79 Å². The maximum Gasteiger partial charge on any atom is 0.408 e. The Balaban J connectivity index is 2.51. The Kier molecular flexibility index (Phi) is 10.1. The Morgan fingerprint density at radius 1 is 1.11 bits per heavy atom. The molecule has 8 nitrogen and oxygen atoms in total. The molecule has 0 spiro atoms. The van der Waals surface area contributed by atoms with Crippen LogP contribution in [-0.4, -0.2) is 56.9 Å². The van der Waals surface area contributed by atoms with E-state index in [4.69, 9.17) is 4.74 Å². The van der Waals surface area contributed by atoms with Gasteiger partial charge in [0, 0.05) is 22.9 Å². The summed E-state index contributed by atoms with van der Waals surface area (Å²) in [5.41, 5.74) is -0.643. The first kappa shape index (κ1) is 29.8. The van der Waals surface area contributed by atoms with Gasteiger partial charge in [-0.05, 0) is 66.9 Å². The van der Waals surface area contributed by atoms with Crippen molar-refractivity contribution >= 4 is 30.5 Å². The van der Waals surface area contributed by atoms with E-state index in [1.54, 1.807) is 45.9 Å². The van der Waals surface area contributed by atoms with Crippen molar-refractivity contribution in [1.29, 1.82) is 0 Å². The SMILES string of the molecule is Cc1cccc(C(C(=O)NC2CCCCC2)N(C(=O)C(CS)NC(=O)OC(C)(C)C)C(C)(C)C)c1O. The summed E-state index contributed by atoms with van der Waals surface area (Å²) in [7, 11) is 0. The second kappa shape index (κ2) is 12.2. The summed E-state index contributed by atoms with van der Waals surface area (Å²) >= 11 is 4.31. The van der Waals surface area contributed by atoms with Crippen LogP contribution in [0.25, 0.3) is 0 Å². The molecule has 2 rings (SSSR count). The third-order valence-electron chi connectivity index (χ3n) is 6.15. The zero-order valence-corrected chi connectivity index (χ0v) is 23.6. The molecule has 1 aromatic rings. The van der Waals surface area contributed by atoms with E-state index in [1.165, 1.54) is 4.90 Å². The van der Waals surface area contributed by atoms with Crippen molar-refractivity contribution in [3.63, 3.8) is 0 Å². The lowest BCUT2D eigenvalue weighted by Crippen LogP contribution is -2.59. The Labute approximate surface area is 220 Å². The van der Waals surface area contributed by atoms with Gasteiger partial charge in [0.2, 0.25) is 11.8 Å². The Morgan fingerprint density at radius 3 is 2.25 bits per heavy atom. The van der Waals surface area contributed by atoms with Gasteiger partial charge in [-0.25, -0.2) is 4.79 Å². The van der Waals surface area contributed by atoms with Crippen LogP contribution in [0.15, 0.2) is 18.2 Å². The molecule has 0 bridgehead atoms. The number of ether oxygens (including phenoxy) is 1. The van der Waals surface area contributed by atoms with Crippen molar-refractivity contribution in [2.75, 3.05) is 5.75 Å². The Morgan fingerprint density at radius 2 is 1.72 bits per heavy atom. The maximum absolute atomic E-state index is 14.0. The van der Waals surface area contributed by atoms with Gasteiger partial charge in [0.25, 0.3) is 0 Å². The summed E-state index contributed by atoms with van der Waals surface area (Å²) in [6.07, 6.45) is 4.22. The molecule has 0 saturated heterocycles. The van der Waals surface area contributed by atoms with E-state index in [9.17, 15) is 19.5 Å². The predicted molar refractivity (Wildman–Crippen MR) is 144 cm³/mol. The fraction of sp³-hybridized carbons (Fsp3) is 0.667. The zero-order valence-electron chi connectivity index (χ0n) is 22.7. The normalized spacial score (nSPS) is 16.6. The van der Waals surface area contributed by atoms with Crippen LogP contribution in [-0.2, 0) is 14.3 Å². The number of carbonyl (C=O) groups is 3. The molecule has 1 aliphatic rings. The molecule has 3 N–H and O–H groups in total. The molecule has 2 unspecified atom stereocenters. The average Bonchev–Trinajstić information content (AvgIpc) is 2.76. The predicted octanol–water partition coefficient (Wildman–Crippen LogP) is 4.64. The number of hydrogen-bond acceptors (Lipinski definition) is 6. The number of aryl methyl sites for hydroxylation is 1. The van der Waals surface area contributed by atoms with E-state index >= 15 is 0 Å². The second-order valence-electron chi connectivity index (χ2n) is 11.5. The highest BCUT2D eigenvalue weighted by molar-refractivity contribution is 7.80. The topological polar surface area (TPSA) is 108 Å². The molecule has 2 atom stereocenters. The molecule has 36 heavy (non-hydrogen) atoms. The maximum atomic E-state index is 14.0. The number of nitrogens with zero attached hydrogens (tertiary/aromatic N) is 1. The molecule has 1 aromatic carbocycles. The third kappa shape index (κ3) is 8.05. The third-order valence-corrected chi connectivity index (χ3v) is 6.52. The van der Waals surface area contributed by atoms with Crippen LogP contribution in [0.3, 0.4) is 0 Å². The minimum absolute atomic E-state index is 0.00141. The standard InChI is InChI=1S/C27H43N3O5S/c1-17-12-11-15-19(22(17)31)21(23(32)28-18-13-9-8-10-14-18)30(26(2,3)4)24(33)20(16-36)29-25(34)35-27(5,6)7/h11-12,15,18,20-21,31,36H,8-10,13-14,16H2,1-7H3,(H,28,32)(H,29,34). The highest BCUT2D eigenvalue weighted by Crippen LogP contribution is 2.36. The number of phenols is 1. The van der Waals surface area contributed by atoms with E-state index in [0.717, 1.165) is 32.1 Å². The number of aromatic hydroxyl groups is 1. The van der Waals surface area contributed by atoms with Gasteiger partial charge in [0.1, 0.15) is 23.4 Å². The molecule has 1 aliphatic carbocycles. The minimum atomic E-state index is -1.11. The Hall–Kier alpha value is -2.42.